The summed E-state index contributed by atoms with van der Waals surface area (Å²) in [4.78, 5) is 0. The second kappa shape index (κ2) is 5.61. The first-order valence-electron chi connectivity index (χ1n) is 6.17. The van der Waals surface area contributed by atoms with Gasteiger partial charge in [-0.3, -0.25) is 0 Å². The smallest absolute Gasteiger partial charge is 0.313 e. The number of hydrogen-bond donors (Lipinski definition) is 1. The highest BCUT2D eigenvalue weighted by Gasteiger charge is 2.27. The van der Waals surface area contributed by atoms with Crippen molar-refractivity contribution in [3.63, 3.8) is 0 Å². The van der Waals surface area contributed by atoms with Crippen LogP contribution in [-0.2, 0) is 0 Å². The van der Waals surface area contributed by atoms with Gasteiger partial charge in [0.15, 0.2) is 0 Å². The maximum atomic E-state index is 12.2. The Kier molecular flexibility index (Phi) is 4.09. The molecule has 2 heterocycles. The first kappa shape index (κ1) is 13.9. The van der Waals surface area contributed by atoms with Gasteiger partial charge < -0.3 is 5.32 Å². The Balaban J connectivity index is 2.09. The number of nitrogens with zero attached hydrogens (tertiary/aromatic N) is 2. The zero-order chi connectivity index (χ0) is 13.9. The van der Waals surface area contributed by atoms with Crippen LogP contribution in [0, 0.1) is 0 Å². The van der Waals surface area contributed by atoms with E-state index in [-0.39, 0.29) is 12.5 Å². The molecule has 0 aliphatic heterocycles. The van der Waals surface area contributed by atoms with Crippen LogP contribution in [0.25, 0.3) is 5.52 Å². The molecule has 1 N–H and O–H groups in total. The number of rotatable bonds is 5. The summed E-state index contributed by atoms with van der Waals surface area (Å²) in [5.74, 6) is 0. The molecule has 2 aromatic rings. The summed E-state index contributed by atoms with van der Waals surface area (Å²) in [5.41, 5.74) is 1.86. The first-order valence-corrected chi connectivity index (χ1v) is 6.17. The van der Waals surface area contributed by atoms with Crippen LogP contribution < -0.4 is 5.32 Å². The summed E-state index contributed by atoms with van der Waals surface area (Å²) in [6.07, 6.45) is -0.749. The minimum absolute atomic E-state index is 0.109. The number of alkyl halides is 3. The van der Waals surface area contributed by atoms with E-state index >= 15 is 0 Å². The molecule has 0 bridgehead atoms. The lowest BCUT2D eigenvalue weighted by molar-refractivity contribution is -0.135. The molecule has 0 aliphatic rings. The van der Waals surface area contributed by atoms with Gasteiger partial charge in [0.25, 0.3) is 0 Å². The molecule has 0 saturated carbocycles. The molecule has 104 valence electrons. The van der Waals surface area contributed by atoms with E-state index in [4.69, 9.17) is 0 Å². The van der Waals surface area contributed by atoms with Crippen LogP contribution in [0.5, 0.6) is 0 Å². The third kappa shape index (κ3) is 3.47. The lowest BCUT2D eigenvalue weighted by Crippen LogP contribution is -2.17. The summed E-state index contributed by atoms with van der Waals surface area (Å²) in [6.45, 7) is 0. The molecule has 0 amide bonds. The number of pyridine rings is 1. The average molecular weight is 271 g/mol. The first-order chi connectivity index (χ1) is 9.01. The summed E-state index contributed by atoms with van der Waals surface area (Å²) >= 11 is 0. The van der Waals surface area contributed by atoms with Crippen LogP contribution in [0.4, 0.5) is 13.2 Å². The number of halogens is 3. The van der Waals surface area contributed by atoms with Crippen molar-refractivity contribution in [2.45, 2.75) is 31.5 Å². The molecule has 2 aromatic heterocycles. The molecule has 0 fully saturated rings. The number of aromatic nitrogens is 2. The Morgan fingerprint density at radius 2 is 2.16 bits per heavy atom. The van der Waals surface area contributed by atoms with Crippen molar-refractivity contribution in [2.24, 2.45) is 0 Å². The van der Waals surface area contributed by atoms with Gasteiger partial charge in [0.2, 0.25) is 0 Å². The van der Waals surface area contributed by atoms with Crippen molar-refractivity contribution in [3.05, 3.63) is 36.2 Å². The van der Waals surface area contributed by atoms with Crippen LogP contribution in [-0.4, -0.2) is 22.8 Å². The highest BCUT2D eigenvalue weighted by Crippen LogP contribution is 2.27. The van der Waals surface area contributed by atoms with Gasteiger partial charge in [-0.2, -0.15) is 18.3 Å². The second-order valence-electron chi connectivity index (χ2n) is 4.48. The number of hydrogen-bond acceptors (Lipinski definition) is 2. The zero-order valence-electron chi connectivity index (χ0n) is 10.6. The molecule has 0 aromatic carbocycles. The van der Waals surface area contributed by atoms with Crippen molar-refractivity contribution in [3.8, 4) is 0 Å². The van der Waals surface area contributed by atoms with E-state index in [9.17, 15) is 13.2 Å². The molecular weight excluding hydrogens is 255 g/mol. The van der Waals surface area contributed by atoms with Crippen molar-refractivity contribution < 1.29 is 13.2 Å². The van der Waals surface area contributed by atoms with Gasteiger partial charge in [0.1, 0.15) is 0 Å². The summed E-state index contributed by atoms with van der Waals surface area (Å²) in [7, 11) is 1.75. The minimum Gasteiger partial charge on any atom is -0.313 e. The van der Waals surface area contributed by atoms with E-state index in [2.05, 4.69) is 10.4 Å². The standard InChI is InChI=1S/C13H16F3N3/c1-17-11(5-4-7-13(14,15)16)10-9-18-19-8-3-2-6-12(10)19/h2-3,6,8-9,11,17H,4-5,7H2,1H3. The van der Waals surface area contributed by atoms with Crippen LogP contribution in [0.3, 0.4) is 0 Å². The van der Waals surface area contributed by atoms with Gasteiger partial charge in [-0.05, 0) is 32.0 Å². The molecule has 0 spiro atoms. The summed E-state index contributed by atoms with van der Waals surface area (Å²) in [5, 5.41) is 7.26. The topological polar surface area (TPSA) is 29.3 Å². The van der Waals surface area contributed by atoms with Gasteiger partial charge in [0, 0.05) is 24.2 Å². The molecule has 1 atom stereocenters. The van der Waals surface area contributed by atoms with E-state index in [1.807, 2.05) is 24.4 Å². The van der Waals surface area contributed by atoms with E-state index in [1.165, 1.54) is 0 Å². The number of nitrogens with one attached hydrogen (secondary N) is 1. The second-order valence-corrected chi connectivity index (χ2v) is 4.48. The SMILES string of the molecule is CNC(CCCC(F)(F)F)c1cnn2ccccc12. The molecule has 2 rings (SSSR count). The van der Waals surface area contributed by atoms with Crippen LogP contribution in [0.2, 0.25) is 0 Å². The van der Waals surface area contributed by atoms with E-state index < -0.39 is 12.6 Å². The lowest BCUT2D eigenvalue weighted by Gasteiger charge is -2.15. The van der Waals surface area contributed by atoms with Crippen molar-refractivity contribution >= 4 is 5.52 Å². The predicted molar refractivity (Wildman–Crippen MR) is 66.9 cm³/mol. The van der Waals surface area contributed by atoms with Gasteiger partial charge in [0.05, 0.1) is 11.7 Å². The molecule has 1 unspecified atom stereocenters. The Morgan fingerprint density at radius 3 is 2.84 bits per heavy atom. The molecule has 0 saturated heterocycles. The molecule has 19 heavy (non-hydrogen) atoms. The summed E-state index contributed by atoms with van der Waals surface area (Å²) < 4.78 is 38.2. The highest BCUT2D eigenvalue weighted by molar-refractivity contribution is 5.54. The van der Waals surface area contributed by atoms with Crippen LogP contribution in [0.1, 0.15) is 30.9 Å². The fourth-order valence-electron chi connectivity index (χ4n) is 2.18. The fourth-order valence-corrected chi connectivity index (χ4v) is 2.18. The zero-order valence-corrected chi connectivity index (χ0v) is 10.6. The largest absolute Gasteiger partial charge is 0.389 e. The molecule has 3 nitrogen and oxygen atoms in total. The highest BCUT2D eigenvalue weighted by atomic mass is 19.4. The predicted octanol–water partition coefficient (Wildman–Crippen LogP) is 3.33. The Morgan fingerprint density at radius 1 is 1.37 bits per heavy atom. The molecule has 0 radical (unpaired) electrons. The van der Waals surface area contributed by atoms with Crippen molar-refractivity contribution in [1.29, 1.82) is 0 Å². The maximum Gasteiger partial charge on any atom is 0.389 e. The van der Waals surface area contributed by atoms with E-state index in [0.717, 1.165) is 11.1 Å². The third-order valence-corrected chi connectivity index (χ3v) is 3.13. The molecule has 6 heteroatoms. The number of fused-ring (bicyclic) bond motifs is 1. The van der Waals surface area contributed by atoms with Crippen LogP contribution in [0.15, 0.2) is 30.6 Å². The average Bonchev–Trinajstić information content (AvgIpc) is 2.77. The van der Waals surface area contributed by atoms with Crippen molar-refractivity contribution in [1.82, 2.24) is 14.9 Å². The van der Waals surface area contributed by atoms with E-state index in [0.29, 0.717) is 6.42 Å². The Hall–Kier alpha value is -1.56. The van der Waals surface area contributed by atoms with Gasteiger partial charge in [-0.15, -0.1) is 0 Å². The molecular formula is C13H16F3N3. The third-order valence-electron chi connectivity index (χ3n) is 3.13. The van der Waals surface area contributed by atoms with Crippen molar-refractivity contribution in [2.75, 3.05) is 7.05 Å². The quantitative estimate of drug-likeness (QED) is 0.903. The summed E-state index contributed by atoms with van der Waals surface area (Å²) in [6, 6.07) is 5.56. The van der Waals surface area contributed by atoms with Gasteiger partial charge in [-0.1, -0.05) is 6.07 Å². The maximum absolute atomic E-state index is 12.2. The van der Waals surface area contributed by atoms with Gasteiger partial charge in [-0.25, -0.2) is 4.52 Å². The van der Waals surface area contributed by atoms with Crippen LogP contribution >= 0.6 is 0 Å². The minimum atomic E-state index is -4.08. The normalized spacial score (nSPS) is 13.9. The monoisotopic (exact) mass is 271 g/mol. The van der Waals surface area contributed by atoms with E-state index in [1.54, 1.807) is 17.8 Å². The van der Waals surface area contributed by atoms with Gasteiger partial charge >= 0.3 is 6.18 Å². The fraction of sp³-hybridized carbons (Fsp3) is 0.462. The lowest BCUT2D eigenvalue weighted by atomic mass is 10.0. The Bertz CT molecular complexity index is 533. The Labute approximate surface area is 109 Å². The molecule has 0 aliphatic carbocycles.